The molecular weight excluding hydrogens is 250 g/mol. The van der Waals surface area contributed by atoms with Gasteiger partial charge in [0.15, 0.2) is 11.5 Å². The van der Waals surface area contributed by atoms with Gasteiger partial charge in [0.05, 0.1) is 18.7 Å². The van der Waals surface area contributed by atoms with Gasteiger partial charge in [-0.1, -0.05) is 18.5 Å². The molecule has 0 bridgehead atoms. The largest absolute Gasteiger partial charge is 0.491 e. The first kappa shape index (κ1) is 15.1. The third kappa shape index (κ3) is 4.07. The Morgan fingerprint density at radius 1 is 1.33 bits per heavy atom. The summed E-state index contributed by atoms with van der Waals surface area (Å²) in [6.07, 6.45) is 1.10. The van der Waals surface area contributed by atoms with Crippen molar-refractivity contribution < 1.29 is 9.47 Å². The molecule has 18 heavy (non-hydrogen) atoms. The van der Waals surface area contributed by atoms with Gasteiger partial charge in [-0.3, -0.25) is 0 Å². The van der Waals surface area contributed by atoms with E-state index in [0.717, 1.165) is 18.5 Å². The zero-order chi connectivity index (χ0) is 13.5. The summed E-state index contributed by atoms with van der Waals surface area (Å²) >= 11 is 6.19. The van der Waals surface area contributed by atoms with Crippen LogP contribution < -0.4 is 14.8 Å². The van der Waals surface area contributed by atoms with Crippen molar-refractivity contribution in [1.82, 2.24) is 5.32 Å². The van der Waals surface area contributed by atoms with E-state index in [1.54, 1.807) is 7.11 Å². The van der Waals surface area contributed by atoms with E-state index in [9.17, 15) is 0 Å². The smallest absolute Gasteiger partial charge is 0.179 e. The standard InChI is InChI=1S/C14H22ClNO2/c1-5-10(3)16-9-11-7-12(15)14(17-4)13(8-11)18-6-2/h7-8,10,16H,5-6,9H2,1-4H3. The number of benzene rings is 1. The summed E-state index contributed by atoms with van der Waals surface area (Å²) in [6.45, 7) is 7.63. The van der Waals surface area contributed by atoms with Crippen LogP contribution in [0.4, 0.5) is 0 Å². The molecule has 1 N–H and O–H groups in total. The van der Waals surface area contributed by atoms with E-state index >= 15 is 0 Å². The van der Waals surface area contributed by atoms with Gasteiger partial charge in [-0.15, -0.1) is 0 Å². The topological polar surface area (TPSA) is 30.5 Å². The molecule has 3 nitrogen and oxygen atoms in total. The van der Waals surface area contributed by atoms with Gasteiger partial charge in [0.1, 0.15) is 0 Å². The molecule has 1 rings (SSSR count). The first-order chi connectivity index (χ1) is 8.62. The van der Waals surface area contributed by atoms with Crippen molar-refractivity contribution in [3.8, 4) is 11.5 Å². The lowest BCUT2D eigenvalue weighted by Gasteiger charge is -2.15. The molecule has 1 unspecified atom stereocenters. The summed E-state index contributed by atoms with van der Waals surface area (Å²) in [6, 6.07) is 4.38. The highest BCUT2D eigenvalue weighted by Crippen LogP contribution is 2.36. The average Bonchev–Trinajstić information content (AvgIpc) is 2.36. The number of methoxy groups -OCH3 is 1. The SMILES string of the molecule is CCOc1cc(CNC(C)CC)cc(Cl)c1OC. The van der Waals surface area contributed by atoms with Crippen LogP contribution in [0.3, 0.4) is 0 Å². The van der Waals surface area contributed by atoms with Gasteiger partial charge in [-0.2, -0.15) is 0 Å². The summed E-state index contributed by atoms with van der Waals surface area (Å²) in [4.78, 5) is 0. The Hall–Kier alpha value is -0.930. The third-order valence-electron chi connectivity index (χ3n) is 2.84. The van der Waals surface area contributed by atoms with Crippen LogP contribution in [0, 0.1) is 0 Å². The van der Waals surface area contributed by atoms with Crippen molar-refractivity contribution in [2.45, 2.75) is 39.8 Å². The summed E-state index contributed by atoms with van der Waals surface area (Å²) in [5.41, 5.74) is 1.10. The lowest BCUT2D eigenvalue weighted by atomic mass is 10.1. The minimum atomic E-state index is 0.487. The third-order valence-corrected chi connectivity index (χ3v) is 3.12. The zero-order valence-electron chi connectivity index (χ0n) is 11.5. The number of rotatable bonds is 7. The molecular formula is C14H22ClNO2. The number of nitrogens with one attached hydrogen (secondary N) is 1. The van der Waals surface area contributed by atoms with E-state index in [4.69, 9.17) is 21.1 Å². The average molecular weight is 272 g/mol. The van der Waals surface area contributed by atoms with Crippen molar-refractivity contribution in [1.29, 1.82) is 0 Å². The Morgan fingerprint density at radius 2 is 2.06 bits per heavy atom. The van der Waals surface area contributed by atoms with E-state index in [1.807, 2.05) is 19.1 Å². The van der Waals surface area contributed by atoms with Crippen LogP contribution in [0.15, 0.2) is 12.1 Å². The minimum Gasteiger partial charge on any atom is -0.491 e. The van der Waals surface area contributed by atoms with Crippen molar-refractivity contribution >= 4 is 11.6 Å². The molecule has 4 heteroatoms. The van der Waals surface area contributed by atoms with E-state index in [1.165, 1.54) is 0 Å². The molecule has 0 spiro atoms. The molecule has 1 atom stereocenters. The first-order valence-electron chi connectivity index (χ1n) is 6.34. The molecule has 0 saturated carbocycles. The Bertz CT molecular complexity index is 382. The van der Waals surface area contributed by atoms with Crippen LogP contribution in [0.25, 0.3) is 0 Å². The van der Waals surface area contributed by atoms with E-state index < -0.39 is 0 Å². The quantitative estimate of drug-likeness (QED) is 0.821. The van der Waals surface area contributed by atoms with Gasteiger partial charge in [-0.25, -0.2) is 0 Å². The molecule has 0 aliphatic heterocycles. The lowest BCUT2D eigenvalue weighted by Crippen LogP contribution is -2.24. The number of ether oxygens (including phenoxy) is 2. The molecule has 0 aliphatic rings. The fourth-order valence-electron chi connectivity index (χ4n) is 1.62. The second-order valence-corrected chi connectivity index (χ2v) is 4.64. The molecule has 0 radical (unpaired) electrons. The minimum absolute atomic E-state index is 0.487. The van der Waals surface area contributed by atoms with Crippen molar-refractivity contribution in [2.75, 3.05) is 13.7 Å². The van der Waals surface area contributed by atoms with Gasteiger partial charge in [0, 0.05) is 12.6 Å². The summed E-state index contributed by atoms with van der Waals surface area (Å²) < 4.78 is 10.8. The predicted molar refractivity (Wildman–Crippen MR) is 75.8 cm³/mol. The lowest BCUT2D eigenvalue weighted by molar-refractivity contribution is 0.310. The monoisotopic (exact) mass is 271 g/mol. The normalized spacial score (nSPS) is 12.3. The second-order valence-electron chi connectivity index (χ2n) is 4.23. The second kappa shape index (κ2) is 7.49. The predicted octanol–water partition coefficient (Wildman–Crippen LogP) is 3.64. The maximum atomic E-state index is 6.19. The van der Waals surface area contributed by atoms with Crippen molar-refractivity contribution in [3.05, 3.63) is 22.7 Å². The molecule has 0 amide bonds. The van der Waals surface area contributed by atoms with Crippen LogP contribution in [0.1, 0.15) is 32.8 Å². The van der Waals surface area contributed by atoms with Crippen molar-refractivity contribution in [3.63, 3.8) is 0 Å². The molecule has 102 valence electrons. The molecule has 0 fully saturated rings. The maximum Gasteiger partial charge on any atom is 0.179 e. The molecule has 1 aromatic carbocycles. The Balaban J connectivity index is 2.86. The first-order valence-corrected chi connectivity index (χ1v) is 6.72. The van der Waals surface area contributed by atoms with E-state index in [2.05, 4.69) is 19.2 Å². The van der Waals surface area contributed by atoms with Gasteiger partial charge < -0.3 is 14.8 Å². The maximum absolute atomic E-state index is 6.19. The Morgan fingerprint density at radius 3 is 2.61 bits per heavy atom. The number of hydrogen-bond acceptors (Lipinski definition) is 3. The summed E-state index contributed by atoms with van der Waals surface area (Å²) in [5, 5.41) is 4.01. The fourth-order valence-corrected chi connectivity index (χ4v) is 1.93. The van der Waals surface area contributed by atoms with Crippen molar-refractivity contribution in [2.24, 2.45) is 0 Å². The summed E-state index contributed by atoms with van der Waals surface area (Å²) in [5.74, 6) is 1.30. The molecule has 0 heterocycles. The highest BCUT2D eigenvalue weighted by atomic mass is 35.5. The Labute approximate surface area is 114 Å². The highest BCUT2D eigenvalue weighted by Gasteiger charge is 2.11. The molecule has 0 aliphatic carbocycles. The van der Waals surface area contributed by atoms with Crippen LogP contribution in [0.5, 0.6) is 11.5 Å². The van der Waals surface area contributed by atoms with E-state index in [0.29, 0.717) is 29.2 Å². The molecule has 1 aromatic rings. The Kier molecular flexibility index (Phi) is 6.30. The van der Waals surface area contributed by atoms with Crippen LogP contribution in [-0.4, -0.2) is 19.8 Å². The van der Waals surface area contributed by atoms with Crippen LogP contribution in [-0.2, 0) is 6.54 Å². The van der Waals surface area contributed by atoms with Crippen LogP contribution >= 0.6 is 11.6 Å². The zero-order valence-corrected chi connectivity index (χ0v) is 12.3. The number of hydrogen-bond donors (Lipinski definition) is 1. The summed E-state index contributed by atoms with van der Waals surface area (Å²) in [7, 11) is 1.60. The van der Waals surface area contributed by atoms with Gasteiger partial charge in [-0.05, 0) is 38.0 Å². The van der Waals surface area contributed by atoms with Gasteiger partial charge in [0.2, 0.25) is 0 Å². The van der Waals surface area contributed by atoms with Crippen LogP contribution in [0.2, 0.25) is 5.02 Å². The van der Waals surface area contributed by atoms with E-state index in [-0.39, 0.29) is 0 Å². The molecule has 0 saturated heterocycles. The van der Waals surface area contributed by atoms with Gasteiger partial charge >= 0.3 is 0 Å². The fraction of sp³-hybridized carbons (Fsp3) is 0.571. The van der Waals surface area contributed by atoms with Gasteiger partial charge in [0.25, 0.3) is 0 Å². The molecule has 0 aromatic heterocycles. The highest BCUT2D eigenvalue weighted by molar-refractivity contribution is 6.32. The number of halogens is 1.